The number of hydrogen-bond donors (Lipinski definition) is 1. The van der Waals surface area contributed by atoms with Gasteiger partial charge in [-0.05, 0) is 45.2 Å². The Kier molecular flexibility index (Phi) is 5.04. The van der Waals surface area contributed by atoms with Crippen molar-refractivity contribution < 1.29 is 14.0 Å². The number of fused-ring (bicyclic) bond motifs is 1. The van der Waals surface area contributed by atoms with Gasteiger partial charge >= 0.3 is 0 Å². The molecule has 1 unspecified atom stereocenters. The molecule has 27 heavy (non-hydrogen) atoms. The van der Waals surface area contributed by atoms with Crippen molar-refractivity contribution in [3.8, 4) is 0 Å². The SMILES string of the molecule is Cc1ccc(C(=O)N2CCC(C(=O)NC3CCCC3)c3nc(C)sc3C2)o1. The van der Waals surface area contributed by atoms with Gasteiger partial charge in [0.05, 0.1) is 23.2 Å². The second-order valence-electron chi connectivity index (χ2n) is 7.51. The van der Waals surface area contributed by atoms with Gasteiger partial charge in [0.15, 0.2) is 5.76 Å². The summed E-state index contributed by atoms with van der Waals surface area (Å²) >= 11 is 1.57. The van der Waals surface area contributed by atoms with E-state index in [2.05, 4.69) is 10.3 Å². The fraction of sp³-hybridized carbons (Fsp3) is 0.550. The molecule has 1 saturated carbocycles. The van der Waals surface area contributed by atoms with Gasteiger partial charge in [-0.15, -0.1) is 11.3 Å². The fourth-order valence-corrected chi connectivity index (χ4v) is 5.06. The first-order chi connectivity index (χ1) is 13.0. The van der Waals surface area contributed by atoms with Gasteiger partial charge < -0.3 is 14.6 Å². The van der Waals surface area contributed by atoms with Crippen molar-refractivity contribution in [3.05, 3.63) is 39.2 Å². The molecular weight excluding hydrogens is 362 g/mol. The number of nitrogens with one attached hydrogen (secondary N) is 1. The molecule has 0 saturated heterocycles. The van der Waals surface area contributed by atoms with Crippen molar-refractivity contribution in [2.45, 2.75) is 64.5 Å². The van der Waals surface area contributed by atoms with Crippen LogP contribution in [0.3, 0.4) is 0 Å². The average Bonchev–Trinajstić information content (AvgIpc) is 3.34. The minimum atomic E-state index is -0.290. The lowest BCUT2D eigenvalue weighted by Crippen LogP contribution is -2.37. The van der Waals surface area contributed by atoms with Crippen LogP contribution in [-0.2, 0) is 11.3 Å². The number of hydrogen-bond acceptors (Lipinski definition) is 5. The van der Waals surface area contributed by atoms with Crippen molar-refractivity contribution >= 4 is 23.2 Å². The van der Waals surface area contributed by atoms with E-state index in [0.717, 1.165) is 34.2 Å². The highest BCUT2D eigenvalue weighted by Gasteiger charge is 2.34. The second kappa shape index (κ2) is 7.46. The lowest BCUT2D eigenvalue weighted by atomic mass is 9.99. The zero-order valence-corrected chi connectivity index (χ0v) is 16.6. The molecule has 0 aromatic carbocycles. The number of amides is 2. The molecule has 4 rings (SSSR count). The molecular formula is C20H25N3O3S. The third-order valence-corrected chi connectivity index (χ3v) is 6.41. The number of nitrogens with zero attached hydrogens (tertiary/aromatic N) is 2. The van der Waals surface area contributed by atoms with E-state index in [1.54, 1.807) is 28.4 Å². The molecule has 6 nitrogen and oxygen atoms in total. The molecule has 0 spiro atoms. The van der Waals surface area contributed by atoms with Gasteiger partial charge in [0.25, 0.3) is 5.91 Å². The molecule has 7 heteroatoms. The molecule has 1 atom stereocenters. The Bertz CT molecular complexity index is 851. The smallest absolute Gasteiger partial charge is 0.289 e. The molecule has 1 aliphatic carbocycles. The zero-order valence-electron chi connectivity index (χ0n) is 15.8. The maximum absolute atomic E-state index is 13.0. The first kappa shape index (κ1) is 18.2. The van der Waals surface area contributed by atoms with Gasteiger partial charge in [0, 0.05) is 17.5 Å². The van der Waals surface area contributed by atoms with Crippen LogP contribution in [0.1, 0.15) is 69.9 Å². The van der Waals surface area contributed by atoms with E-state index in [4.69, 9.17) is 4.42 Å². The molecule has 2 aliphatic rings. The van der Waals surface area contributed by atoms with Crippen LogP contribution in [0.5, 0.6) is 0 Å². The summed E-state index contributed by atoms with van der Waals surface area (Å²) in [5, 5.41) is 4.14. The summed E-state index contributed by atoms with van der Waals surface area (Å²) in [4.78, 5) is 33.3. The number of thiazole rings is 1. The van der Waals surface area contributed by atoms with E-state index >= 15 is 0 Å². The topological polar surface area (TPSA) is 75.4 Å². The number of aryl methyl sites for hydroxylation is 2. The van der Waals surface area contributed by atoms with Crippen molar-refractivity contribution in [1.29, 1.82) is 0 Å². The van der Waals surface area contributed by atoms with Crippen LogP contribution in [0.25, 0.3) is 0 Å². The Morgan fingerprint density at radius 3 is 2.70 bits per heavy atom. The van der Waals surface area contributed by atoms with Gasteiger partial charge in [-0.3, -0.25) is 9.59 Å². The molecule has 2 amide bonds. The van der Waals surface area contributed by atoms with Crippen LogP contribution in [0.15, 0.2) is 16.5 Å². The third kappa shape index (κ3) is 3.78. The number of rotatable bonds is 3. The van der Waals surface area contributed by atoms with E-state index in [1.807, 2.05) is 13.8 Å². The minimum absolute atomic E-state index is 0.0524. The van der Waals surface area contributed by atoms with Crippen molar-refractivity contribution in [3.63, 3.8) is 0 Å². The molecule has 2 aromatic rings. The van der Waals surface area contributed by atoms with E-state index in [1.165, 1.54) is 12.8 Å². The number of carbonyl (C=O) groups is 2. The first-order valence-electron chi connectivity index (χ1n) is 9.63. The predicted octanol–water partition coefficient (Wildman–Crippen LogP) is 3.54. The van der Waals surface area contributed by atoms with Crippen LogP contribution in [0, 0.1) is 13.8 Å². The highest BCUT2D eigenvalue weighted by atomic mass is 32.1. The summed E-state index contributed by atoms with van der Waals surface area (Å²) in [6.07, 6.45) is 5.07. The van der Waals surface area contributed by atoms with E-state index in [-0.39, 0.29) is 23.8 Å². The highest BCUT2D eigenvalue weighted by Crippen LogP contribution is 2.33. The number of aromatic nitrogens is 1. The fourth-order valence-electron chi connectivity index (χ4n) is 4.05. The Hall–Kier alpha value is -2.15. The Balaban J connectivity index is 1.55. The quantitative estimate of drug-likeness (QED) is 0.874. The van der Waals surface area contributed by atoms with Crippen molar-refractivity contribution in [2.75, 3.05) is 6.54 Å². The van der Waals surface area contributed by atoms with Crippen molar-refractivity contribution in [2.24, 2.45) is 0 Å². The molecule has 1 aliphatic heterocycles. The molecule has 3 heterocycles. The number of carbonyl (C=O) groups excluding carboxylic acids is 2. The summed E-state index contributed by atoms with van der Waals surface area (Å²) in [6, 6.07) is 3.80. The van der Waals surface area contributed by atoms with Crippen LogP contribution in [0.2, 0.25) is 0 Å². The summed E-state index contributed by atoms with van der Waals surface area (Å²) in [7, 11) is 0. The summed E-state index contributed by atoms with van der Waals surface area (Å²) in [5.74, 6) is 0.704. The second-order valence-corrected chi connectivity index (χ2v) is 8.80. The standard InChI is InChI=1S/C20H25N3O3S/c1-12-7-8-16(26-12)20(25)23-10-9-15(18-17(11-23)27-13(2)21-18)19(24)22-14-5-3-4-6-14/h7-8,14-15H,3-6,9-11H2,1-2H3,(H,22,24). The Morgan fingerprint density at radius 1 is 1.22 bits per heavy atom. The summed E-state index contributed by atoms with van der Waals surface area (Å²) in [6.45, 7) is 4.77. The van der Waals surface area contributed by atoms with Gasteiger partial charge in [-0.2, -0.15) is 0 Å². The molecule has 1 fully saturated rings. The molecule has 144 valence electrons. The summed E-state index contributed by atoms with van der Waals surface area (Å²) < 4.78 is 5.51. The molecule has 0 radical (unpaired) electrons. The maximum atomic E-state index is 13.0. The van der Waals surface area contributed by atoms with E-state index in [9.17, 15) is 9.59 Å². The van der Waals surface area contributed by atoms with Crippen LogP contribution < -0.4 is 5.32 Å². The number of furan rings is 1. The van der Waals surface area contributed by atoms with Gasteiger partial charge in [-0.1, -0.05) is 12.8 Å². The largest absolute Gasteiger partial charge is 0.456 e. The molecule has 0 bridgehead atoms. The molecule has 2 aromatic heterocycles. The normalized spacial score (nSPS) is 20.4. The van der Waals surface area contributed by atoms with E-state index in [0.29, 0.717) is 25.3 Å². The lowest BCUT2D eigenvalue weighted by molar-refractivity contribution is -0.123. The van der Waals surface area contributed by atoms with Crippen molar-refractivity contribution in [1.82, 2.24) is 15.2 Å². The third-order valence-electron chi connectivity index (χ3n) is 5.44. The minimum Gasteiger partial charge on any atom is -0.456 e. The van der Waals surface area contributed by atoms with Gasteiger partial charge in [-0.25, -0.2) is 4.98 Å². The summed E-state index contributed by atoms with van der Waals surface area (Å²) in [5.41, 5.74) is 0.846. The first-order valence-corrected chi connectivity index (χ1v) is 10.4. The predicted molar refractivity (Wildman–Crippen MR) is 103 cm³/mol. The monoisotopic (exact) mass is 387 g/mol. The average molecular weight is 388 g/mol. The van der Waals surface area contributed by atoms with E-state index < -0.39 is 0 Å². The highest BCUT2D eigenvalue weighted by molar-refractivity contribution is 7.11. The van der Waals surface area contributed by atoms with Crippen LogP contribution in [0.4, 0.5) is 0 Å². The Morgan fingerprint density at radius 2 is 2.00 bits per heavy atom. The van der Waals surface area contributed by atoms with Crippen LogP contribution in [-0.4, -0.2) is 34.3 Å². The zero-order chi connectivity index (χ0) is 19.0. The maximum Gasteiger partial charge on any atom is 0.289 e. The van der Waals surface area contributed by atoms with Gasteiger partial charge in [0.2, 0.25) is 5.91 Å². The van der Waals surface area contributed by atoms with Crippen LogP contribution >= 0.6 is 11.3 Å². The lowest BCUT2D eigenvalue weighted by Gasteiger charge is -2.20. The van der Waals surface area contributed by atoms with Gasteiger partial charge in [0.1, 0.15) is 5.76 Å². The Labute approximate surface area is 163 Å². The molecule has 1 N–H and O–H groups in total.